The molecule has 172 valence electrons. The summed E-state index contributed by atoms with van der Waals surface area (Å²) in [7, 11) is 0. The number of para-hydroxylation sites is 1. The zero-order valence-corrected chi connectivity index (χ0v) is 21.0. The first-order valence-electron chi connectivity index (χ1n) is 11.6. The van der Waals surface area contributed by atoms with Gasteiger partial charge in [0.05, 0.1) is 18.8 Å². The molecule has 0 bridgehead atoms. The third-order valence-electron chi connectivity index (χ3n) is 6.19. The van der Waals surface area contributed by atoms with Gasteiger partial charge in [0, 0.05) is 49.9 Å². The van der Waals surface area contributed by atoms with E-state index in [2.05, 4.69) is 52.6 Å². The van der Waals surface area contributed by atoms with Crippen molar-refractivity contribution in [2.75, 3.05) is 39.4 Å². The first kappa shape index (κ1) is 24.3. The monoisotopic (exact) mass is 540 g/mol. The molecular weight excluding hydrogens is 503 g/mol. The molecule has 2 aliphatic heterocycles. The fourth-order valence-electron chi connectivity index (χ4n) is 4.46. The number of likely N-dealkylation sites (tertiary alicyclic amines) is 1. The quantitative estimate of drug-likeness (QED) is 0.312. The first-order valence-corrected chi connectivity index (χ1v) is 11.6. The van der Waals surface area contributed by atoms with Crippen LogP contribution in [0.1, 0.15) is 44.6 Å². The highest BCUT2D eigenvalue weighted by atomic mass is 127. The number of fused-ring (bicyclic) bond motifs is 1. The Morgan fingerprint density at radius 2 is 2.06 bits per heavy atom. The Bertz CT molecular complexity index is 811. The number of aliphatic imine (C=N–C) groups is 1. The third kappa shape index (κ3) is 6.83. The van der Waals surface area contributed by atoms with Crippen molar-refractivity contribution in [1.29, 1.82) is 0 Å². The number of ether oxygens (including phenoxy) is 2. The van der Waals surface area contributed by atoms with Gasteiger partial charge >= 0.3 is 0 Å². The van der Waals surface area contributed by atoms with Gasteiger partial charge in [0.1, 0.15) is 0 Å². The summed E-state index contributed by atoms with van der Waals surface area (Å²) in [5.74, 6) is 1.03. The molecule has 2 aliphatic rings. The van der Waals surface area contributed by atoms with Gasteiger partial charge in [0.15, 0.2) is 5.96 Å². The molecule has 6 nitrogen and oxygen atoms in total. The van der Waals surface area contributed by atoms with Crippen LogP contribution in [0.5, 0.6) is 0 Å². The fourth-order valence-corrected chi connectivity index (χ4v) is 4.46. The zero-order chi connectivity index (χ0) is 20.6. The maximum absolute atomic E-state index is 6.17. The Labute approximate surface area is 203 Å². The summed E-state index contributed by atoms with van der Waals surface area (Å²) < 4.78 is 12.0. The Balaban J connectivity index is 0.00000272. The number of benzene rings is 1. The molecule has 0 aliphatic carbocycles. The van der Waals surface area contributed by atoms with E-state index in [1.54, 1.807) is 0 Å². The molecule has 2 aromatic rings. The maximum Gasteiger partial charge on any atom is 0.193 e. The van der Waals surface area contributed by atoms with Crippen molar-refractivity contribution >= 4 is 40.8 Å². The number of nitrogens with one attached hydrogen (secondary N) is 2. The molecule has 1 aromatic carbocycles. The van der Waals surface area contributed by atoms with E-state index in [0.29, 0.717) is 12.2 Å². The van der Waals surface area contributed by atoms with Crippen molar-refractivity contribution in [2.24, 2.45) is 4.99 Å². The zero-order valence-electron chi connectivity index (χ0n) is 18.6. The van der Waals surface area contributed by atoms with Crippen molar-refractivity contribution in [3.63, 3.8) is 0 Å². The molecular formula is C24H37IN4O2. The van der Waals surface area contributed by atoms with E-state index in [1.165, 1.54) is 29.3 Å². The molecule has 7 heteroatoms. The smallest absolute Gasteiger partial charge is 0.193 e. The van der Waals surface area contributed by atoms with Crippen LogP contribution in [-0.4, -0.2) is 67.4 Å². The van der Waals surface area contributed by atoms with E-state index in [-0.39, 0.29) is 24.0 Å². The van der Waals surface area contributed by atoms with E-state index in [9.17, 15) is 0 Å². The van der Waals surface area contributed by atoms with Crippen molar-refractivity contribution in [3.8, 4) is 0 Å². The molecule has 0 amide bonds. The summed E-state index contributed by atoms with van der Waals surface area (Å²) in [4.78, 5) is 10.7. The van der Waals surface area contributed by atoms with Crippen molar-refractivity contribution in [2.45, 2.75) is 57.7 Å². The predicted octanol–water partition coefficient (Wildman–Crippen LogP) is 4.34. The van der Waals surface area contributed by atoms with E-state index in [1.807, 2.05) is 0 Å². The number of rotatable bonds is 7. The van der Waals surface area contributed by atoms with Crippen LogP contribution >= 0.6 is 24.0 Å². The number of hydrogen-bond acceptors (Lipinski definition) is 3. The Morgan fingerprint density at radius 3 is 2.84 bits per heavy atom. The summed E-state index contributed by atoms with van der Waals surface area (Å²) in [5, 5.41) is 4.78. The number of aromatic nitrogens is 1. The molecule has 3 heterocycles. The molecule has 1 unspecified atom stereocenters. The molecule has 2 saturated heterocycles. The van der Waals surface area contributed by atoms with Crippen LogP contribution in [0, 0.1) is 0 Å². The van der Waals surface area contributed by atoms with Gasteiger partial charge in [-0.05, 0) is 57.1 Å². The van der Waals surface area contributed by atoms with E-state index in [4.69, 9.17) is 14.5 Å². The number of hydrogen-bond donors (Lipinski definition) is 2. The molecule has 1 aromatic heterocycles. The standard InChI is InChI=1S/C24H36N4O2.HI/c1-2-25-24(26-13-10-19-17-27-23-9-4-3-8-22(19)23)28-14-11-20(12-15-28)30-18-21-7-5-6-16-29-21;/h3-4,8-9,17,20-21,27H,2,5-7,10-16,18H2,1H3,(H,25,26);1H. The van der Waals surface area contributed by atoms with Crippen molar-refractivity contribution < 1.29 is 9.47 Å². The van der Waals surface area contributed by atoms with Crippen LogP contribution < -0.4 is 5.32 Å². The predicted molar refractivity (Wildman–Crippen MR) is 138 cm³/mol. The number of aromatic amines is 1. The Morgan fingerprint density at radius 1 is 1.23 bits per heavy atom. The second-order valence-electron chi connectivity index (χ2n) is 8.35. The summed E-state index contributed by atoms with van der Waals surface area (Å²) in [5.41, 5.74) is 2.53. The molecule has 0 radical (unpaired) electrons. The van der Waals surface area contributed by atoms with Gasteiger partial charge in [-0.3, -0.25) is 4.99 Å². The van der Waals surface area contributed by atoms with Gasteiger partial charge in [0.2, 0.25) is 0 Å². The average molecular weight is 540 g/mol. The second kappa shape index (κ2) is 12.6. The lowest BCUT2D eigenvalue weighted by atomic mass is 10.1. The van der Waals surface area contributed by atoms with Crippen LogP contribution in [0.2, 0.25) is 0 Å². The number of H-pyrrole nitrogens is 1. The average Bonchev–Trinajstić information content (AvgIpc) is 3.21. The number of guanidine groups is 1. The highest BCUT2D eigenvalue weighted by Gasteiger charge is 2.23. The van der Waals surface area contributed by atoms with Gasteiger partial charge < -0.3 is 24.7 Å². The lowest BCUT2D eigenvalue weighted by Gasteiger charge is -2.35. The van der Waals surface area contributed by atoms with Gasteiger partial charge in [-0.25, -0.2) is 0 Å². The second-order valence-corrected chi connectivity index (χ2v) is 8.35. The topological polar surface area (TPSA) is 61.9 Å². The van der Waals surface area contributed by atoms with E-state index >= 15 is 0 Å². The molecule has 1 atom stereocenters. The van der Waals surface area contributed by atoms with Gasteiger partial charge in [0.25, 0.3) is 0 Å². The summed E-state index contributed by atoms with van der Waals surface area (Å²) in [6.45, 7) is 7.46. The van der Waals surface area contributed by atoms with Crippen LogP contribution in [0.3, 0.4) is 0 Å². The SMILES string of the molecule is CCNC(=NCCc1c[nH]c2ccccc12)N1CCC(OCC2CCCCO2)CC1.I. The molecule has 2 fully saturated rings. The maximum atomic E-state index is 6.17. The summed E-state index contributed by atoms with van der Waals surface area (Å²) >= 11 is 0. The fraction of sp³-hybridized carbons (Fsp3) is 0.625. The van der Waals surface area contributed by atoms with Gasteiger partial charge in [-0.1, -0.05) is 18.2 Å². The minimum absolute atomic E-state index is 0. The Hall–Kier alpha value is -1.32. The minimum Gasteiger partial charge on any atom is -0.376 e. The normalized spacial score (nSPS) is 20.6. The first-order chi connectivity index (χ1) is 14.8. The molecule has 31 heavy (non-hydrogen) atoms. The number of halogens is 1. The highest BCUT2D eigenvalue weighted by molar-refractivity contribution is 14.0. The number of nitrogens with zero attached hydrogens (tertiary/aromatic N) is 2. The van der Waals surface area contributed by atoms with Gasteiger partial charge in [-0.15, -0.1) is 24.0 Å². The summed E-state index contributed by atoms with van der Waals surface area (Å²) in [6.07, 6.45) is 9.44. The van der Waals surface area contributed by atoms with Crippen LogP contribution in [0.15, 0.2) is 35.5 Å². The lowest BCUT2D eigenvalue weighted by molar-refractivity contribution is -0.0721. The minimum atomic E-state index is 0. The van der Waals surface area contributed by atoms with Crippen LogP contribution in [0.4, 0.5) is 0 Å². The Kier molecular flexibility index (Phi) is 9.93. The highest BCUT2D eigenvalue weighted by Crippen LogP contribution is 2.19. The van der Waals surface area contributed by atoms with Crippen LogP contribution in [0.25, 0.3) is 10.9 Å². The van der Waals surface area contributed by atoms with Gasteiger partial charge in [-0.2, -0.15) is 0 Å². The van der Waals surface area contributed by atoms with Crippen molar-refractivity contribution in [3.05, 3.63) is 36.0 Å². The molecule has 4 rings (SSSR count). The lowest BCUT2D eigenvalue weighted by Crippen LogP contribution is -2.47. The van der Waals surface area contributed by atoms with Crippen molar-refractivity contribution in [1.82, 2.24) is 15.2 Å². The van der Waals surface area contributed by atoms with E-state index < -0.39 is 0 Å². The largest absolute Gasteiger partial charge is 0.376 e. The summed E-state index contributed by atoms with van der Waals surface area (Å²) in [6, 6.07) is 8.47. The molecule has 2 N–H and O–H groups in total. The number of piperidine rings is 1. The molecule has 0 saturated carbocycles. The van der Waals surface area contributed by atoms with Crippen LogP contribution in [-0.2, 0) is 15.9 Å². The van der Waals surface area contributed by atoms with E-state index in [0.717, 1.165) is 71.0 Å². The molecule has 0 spiro atoms. The third-order valence-corrected chi connectivity index (χ3v) is 6.19.